The third-order valence-electron chi connectivity index (χ3n) is 5.04. The van der Waals surface area contributed by atoms with E-state index in [4.69, 9.17) is 9.47 Å². The molecule has 0 unspecified atom stereocenters. The van der Waals surface area contributed by atoms with E-state index >= 15 is 0 Å². The minimum Gasteiger partial charge on any atom is -0.496 e. The van der Waals surface area contributed by atoms with Gasteiger partial charge in [-0.1, -0.05) is 54.1 Å². The van der Waals surface area contributed by atoms with E-state index in [1.165, 1.54) is 6.92 Å². The topological polar surface area (TPSA) is 52.6 Å². The quantitative estimate of drug-likeness (QED) is 0.291. The molecule has 0 saturated carbocycles. The van der Waals surface area contributed by atoms with Crippen LogP contribution in [-0.4, -0.2) is 17.3 Å². The summed E-state index contributed by atoms with van der Waals surface area (Å²) in [5, 5.41) is 1.86. The second-order valence-electron chi connectivity index (χ2n) is 7.17. The highest BCUT2D eigenvalue weighted by molar-refractivity contribution is 7.85. The Balaban J connectivity index is 2.04. The van der Waals surface area contributed by atoms with Gasteiger partial charge in [0.2, 0.25) is 0 Å². The zero-order chi connectivity index (χ0) is 22.0. The molecule has 0 aliphatic heterocycles. The molecule has 0 saturated heterocycles. The predicted octanol–water partition coefficient (Wildman–Crippen LogP) is 5.92. The molecule has 4 nitrogen and oxygen atoms in total. The number of hydrogen-bond donors (Lipinski definition) is 0. The second kappa shape index (κ2) is 8.74. The van der Waals surface area contributed by atoms with Crippen molar-refractivity contribution in [1.82, 2.24) is 0 Å². The Morgan fingerprint density at radius 1 is 0.806 bits per heavy atom. The maximum Gasteiger partial charge on any atom is 0.308 e. The molecule has 0 heterocycles. The van der Waals surface area contributed by atoms with Gasteiger partial charge < -0.3 is 9.47 Å². The summed E-state index contributed by atoms with van der Waals surface area (Å²) in [6, 6.07) is 24.6. The zero-order valence-electron chi connectivity index (χ0n) is 17.5. The van der Waals surface area contributed by atoms with Crippen LogP contribution < -0.4 is 9.47 Å². The number of fused-ring (bicyclic) bond motifs is 1. The lowest BCUT2D eigenvalue weighted by molar-refractivity contribution is -0.131. The number of aryl methyl sites for hydroxylation is 1. The number of carbonyl (C=O) groups is 1. The molecule has 0 spiro atoms. The van der Waals surface area contributed by atoms with Crippen LogP contribution in [0.4, 0.5) is 0 Å². The Labute approximate surface area is 183 Å². The molecule has 0 fully saturated rings. The number of hydrogen-bond acceptors (Lipinski definition) is 4. The summed E-state index contributed by atoms with van der Waals surface area (Å²) in [6.07, 6.45) is 0. The number of esters is 1. The van der Waals surface area contributed by atoms with Crippen LogP contribution in [-0.2, 0) is 15.6 Å². The lowest BCUT2D eigenvalue weighted by Gasteiger charge is -2.18. The lowest BCUT2D eigenvalue weighted by atomic mass is 9.96. The minimum absolute atomic E-state index is 0.401. The van der Waals surface area contributed by atoms with Gasteiger partial charge in [0.05, 0.1) is 22.8 Å². The van der Waals surface area contributed by atoms with Gasteiger partial charge in [0, 0.05) is 22.9 Å². The highest BCUT2D eigenvalue weighted by atomic mass is 32.2. The van der Waals surface area contributed by atoms with Crippen molar-refractivity contribution in [1.29, 1.82) is 0 Å². The number of carbonyl (C=O) groups excluding carboxylic acids is 1. The highest BCUT2D eigenvalue weighted by Crippen LogP contribution is 2.45. The molecule has 4 rings (SSSR count). The van der Waals surface area contributed by atoms with Crippen molar-refractivity contribution >= 4 is 27.5 Å². The number of benzene rings is 4. The second-order valence-corrected chi connectivity index (χ2v) is 8.62. The molecule has 4 aromatic carbocycles. The Hall–Kier alpha value is -3.44. The van der Waals surface area contributed by atoms with Crippen molar-refractivity contribution in [2.24, 2.45) is 0 Å². The molecule has 0 aliphatic rings. The molecule has 4 aromatic rings. The Kier molecular flexibility index (Phi) is 5.87. The van der Waals surface area contributed by atoms with Crippen LogP contribution in [0.2, 0.25) is 0 Å². The first-order chi connectivity index (χ1) is 15.0. The van der Waals surface area contributed by atoms with Gasteiger partial charge in [0.25, 0.3) is 0 Å². The lowest BCUT2D eigenvalue weighted by Crippen LogP contribution is -2.05. The highest BCUT2D eigenvalue weighted by Gasteiger charge is 2.23. The van der Waals surface area contributed by atoms with Crippen molar-refractivity contribution in [2.45, 2.75) is 23.6 Å². The van der Waals surface area contributed by atoms with Crippen LogP contribution in [0, 0.1) is 6.92 Å². The minimum atomic E-state index is -1.46. The van der Waals surface area contributed by atoms with E-state index in [0.29, 0.717) is 32.4 Å². The summed E-state index contributed by atoms with van der Waals surface area (Å²) < 4.78 is 24.9. The molecule has 1 atom stereocenters. The van der Waals surface area contributed by atoms with Crippen LogP contribution in [0.1, 0.15) is 12.5 Å². The Bertz CT molecular complexity index is 1290. The number of rotatable bonds is 5. The van der Waals surface area contributed by atoms with E-state index in [1.807, 2.05) is 79.7 Å². The maximum atomic E-state index is 13.6. The van der Waals surface area contributed by atoms with Gasteiger partial charge in [0.1, 0.15) is 11.5 Å². The van der Waals surface area contributed by atoms with Gasteiger partial charge in [-0.2, -0.15) is 0 Å². The van der Waals surface area contributed by atoms with E-state index in [-0.39, 0.29) is 0 Å². The van der Waals surface area contributed by atoms with Gasteiger partial charge in [0.15, 0.2) is 0 Å². The molecule has 0 radical (unpaired) electrons. The third-order valence-corrected chi connectivity index (χ3v) is 6.48. The van der Waals surface area contributed by atoms with Crippen molar-refractivity contribution in [2.75, 3.05) is 7.11 Å². The normalized spacial score (nSPS) is 11.8. The molecule has 31 heavy (non-hydrogen) atoms. The SMILES string of the molecule is COc1cccc([S@@](=O)c2ccc(C)cc2)c1-c1c(OC(C)=O)ccc2ccccc12. The standard InChI is InChI=1S/C26H22O4S/c1-17-11-14-20(15-12-17)31(28)24-10-6-9-22(29-3)26(24)25-21-8-5-4-7-19(21)13-16-23(25)30-18(2)27/h4-16H,1-3H3/t31-/m0/s1. The summed E-state index contributed by atoms with van der Waals surface area (Å²) in [5.74, 6) is 0.535. The average Bonchev–Trinajstić information content (AvgIpc) is 2.78. The van der Waals surface area contributed by atoms with Crippen LogP contribution in [0.25, 0.3) is 21.9 Å². The fraction of sp³-hybridized carbons (Fsp3) is 0.115. The first-order valence-electron chi connectivity index (χ1n) is 9.85. The van der Waals surface area contributed by atoms with Crippen LogP contribution >= 0.6 is 0 Å². The fourth-order valence-corrected chi connectivity index (χ4v) is 4.85. The van der Waals surface area contributed by atoms with Gasteiger partial charge in [-0.05, 0) is 48.0 Å². The zero-order valence-corrected chi connectivity index (χ0v) is 18.4. The Morgan fingerprint density at radius 3 is 2.26 bits per heavy atom. The molecule has 0 aromatic heterocycles. The van der Waals surface area contributed by atoms with Crippen LogP contribution in [0.5, 0.6) is 11.5 Å². The molecular weight excluding hydrogens is 408 g/mol. The van der Waals surface area contributed by atoms with Crippen molar-refractivity contribution in [3.05, 3.63) is 84.4 Å². The summed E-state index contributed by atoms with van der Waals surface area (Å²) >= 11 is 0. The third kappa shape index (κ3) is 4.09. The molecule has 0 bridgehead atoms. The van der Waals surface area contributed by atoms with Crippen LogP contribution in [0.15, 0.2) is 88.7 Å². The maximum absolute atomic E-state index is 13.6. The van der Waals surface area contributed by atoms with Crippen LogP contribution in [0.3, 0.4) is 0 Å². The molecule has 156 valence electrons. The van der Waals surface area contributed by atoms with E-state index in [2.05, 4.69) is 0 Å². The van der Waals surface area contributed by atoms with E-state index in [0.717, 1.165) is 16.3 Å². The summed E-state index contributed by atoms with van der Waals surface area (Å²) in [6.45, 7) is 3.36. The smallest absolute Gasteiger partial charge is 0.308 e. The summed E-state index contributed by atoms with van der Waals surface area (Å²) in [7, 11) is 0.114. The van der Waals surface area contributed by atoms with E-state index in [9.17, 15) is 9.00 Å². The van der Waals surface area contributed by atoms with Gasteiger partial charge in [-0.15, -0.1) is 0 Å². The summed E-state index contributed by atoms with van der Waals surface area (Å²) in [4.78, 5) is 13.1. The largest absolute Gasteiger partial charge is 0.496 e. The molecule has 0 amide bonds. The van der Waals surface area contributed by atoms with Gasteiger partial charge in [-0.25, -0.2) is 4.21 Å². The molecule has 0 aliphatic carbocycles. The number of ether oxygens (including phenoxy) is 2. The van der Waals surface area contributed by atoms with E-state index < -0.39 is 16.8 Å². The Morgan fingerprint density at radius 2 is 1.55 bits per heavy atom. The van der Waals surface area contributed by atoms with Crippen molar-refractivity contribution < 1.29 is 18.5 Å². The summed E-state index contributed by atoms with van der Waals surface area (Å²) in [5.41, 5.74) is 2.43. The average molecular weight is 431 g/mol. The first-order valence-corrected chi connectivity index (χ1v) is 11.0. The molecule has 0 N–H and O–H groups in total. The molecule has 5 heteroatoms. The van der Waals surface area contributed by atoms with E-state index in [1.54, 1.807) is 13.2 Å². The molecular formula is C26H22O4S. The van der Waals surface area contributed by atoms with Gasteiger partial charge >= 0.3 is 5.97 Å². The van der Waals surface area contributed by atoms with Gasteiger partial charge in [-0.3, -0.25) is 4.79 Å². The van der Waals surface area contributed by atoms with Crippen molar-refractivity contribution in [3.63, 3.8) is 0 Å². The van der Waals surface area contributed by atoms with Crippen molar-refractivity contribution in [3.8, 4) is 22.6 Å². The predicted molar refractivity (Wildman–Crippen MR) is 123 cm³/mol. The first kappa shape index (κ1) is 20.8. The fourth-order valence-electron chi connectivity index (χ4n) is 3.62. The number of methoxy groups -OCH3 is 1. The monoisotopic (exact) mass is 430 g/mol.